The predicted molar refractivity (Wildman–Crippen MR) is 76.1 cm³/mol. The number of fused-ring (bicyclic) bond motifs is 1. The number of nitrogens with zero attached hydrogens (tertiary/aromatic N) is 2. The summed E-state index contributed by atoms with van der Waals surface area (Å²) < 4.78 is 6.88. The quantitative estimate of drug-likeness (QED) is 0.793. The molecule has 0 bridgehead atoms. The highest BCUT2D eigenvalue weighted by Crippen LogP contribution is 2.17. The van der Waals surface area contributed by atoms with Crippen LogP contribution in [0.4, 0.5) is 5.69 Å². The molecule has 3 aromatic rings. The lowest BCUT2D eigenvalue weighted by molar-refractivity contribution is 0.102. The van der Waals surface area contributed by atoms with Crippen LogP contribution in [0.5, 0.6) is 5.75 Å². The van der Waals surface area contributed by atoms with Crippen molar-refractivity contribution >= 4 is 17.2 Å². The first kappa shape index (κ1) is 12.2. The lowest BCUT2D eigenvalue weighted by Gasteiger charge is -2.08. The first-order chi connectivity index (χ1) is 9.78. The van der Waals surface area contributed by atoms with Gasteiger partial charge in [0.15, 0.2) is 0 Å². The number of nitrogens with one attached hydrogen (secondary N) is 1. The molecule has 20 heavy (non-hydrogen) atoms. The molecule has 1 N–H and O–H groups in total. The molecular weight excluding hydrogens is 254 g/mol. The molecule has 0 aliphatic rings. The molecule has 100 valence electrons. The van der Waals surface area contributed by atoms with Gasteiger partial charge in [0.05, 0.1) is 7.11 Å². The molecule has 0 aliphatic carbocycles. The average molecular weight is 267 g/mol. The summed E-state index contributed by atoms with van der Waals surface area (Å²) in [6.07, 6.45) is 3.42. The summed E-state index contributed by atoms with van der Waals surface area (Å²) in [5, 5.41) is 2.85. The molecule has 0 saturated carbocycles. The summed E-state index contributed by atoms with van der Waals surface area (Å²) in [4.78, 5) is 16.5. The van der Waals surface area contributed by atoms with Crippen LogP contribution in [0.3, 0.4) is 0 Å². The van der Waals surface area contributed by atoms with Crippen LogP contribution in [0.1, 0.15) is 10.5 Å². The SMILES string of the molecule is COc1cccc(NC(=O)c2cccc3nccn23)c1. The van der Waals surface area contributed by atoms with E-state index in [9.17, 15) is 4.79 Å². The fourth-order valence-electron chi connectivity index (χ4n) is 2.03. The lowest BCUT2D eigenvalue weighted by atomic mass is 10.2. The van der Waals surface area contributed by atoms with Gasteiger partial charge in [0.25, 0.3) is 5.91 Å². The van der Waals surface area contributed by atoms with Gasteiger partial charge in [0, 0.05) is 24.1 Å². The van der Waals surface area contributed by atoms with E-state index in [1.807, 2.05) is 30.3 Å². The van der Waals surface area contributed by atoms with E-state index in [0.29, 0.717) is 17.1 Å². The largest absolute Gasteiger partial charge is 0.497 e. The van der Waals surface area contributed by atoms with Crippen LogP contribution in [0.15, 0.2) is 54.9 Å². The Labute approximate surface area is 115 Å². The Morgan fingerprint density at radius 1 is 1.25 bits per heavy atom. The Hall–Kier alpha value is -2.82. The van der Waals surface area contributed by atoms with Gasteiger partial charge in [0.2, 0.25) is 0 Å². The van der Waals surface area contributed by atoms with Gasteiger partial charge < -0.3 is 10.1 Å². The van der Waals surface area contributed by atoms with Gasteiger partial charge in [-0.25, -0.2) is 4.98 Å². The standard InChI is InChI=1S/C15H13N3O2/c1-20-12-5-2-4-11(10-12)17-15(19)13-6-3-7-14-16-8-9-18(13)14/h2-10H,1H3,(H,17,19). The van der Waals surface area contributed by atoms with E-state index in [4.69, 9.17) is 4.74 Å². The van der Waals surface area contributed by atoms with Crippen LogP contribution >= 0.6 is 0 Å². The van der Waals surface area contributed by atoms with E-state index in [2.05, 4.69) is 10.3 Å². The number of amides is 1. The van der Waals surface area contributed by atoms with E-state index >= 15 is 0 Å². The van der Waals surface area contributed by atoms with Gasteiger partial charge in [-0.2, -0.15) is 0 Å². The highest BCUT2D eigenvalue weighted by atomic mass is 16.5. The third-order valence-corrected chi connectivity index (χ3v) is 2.99. The molecule has 1 amide bonds. The summed E-state index contributed by atoms with van der Waals surface area (Å²) >= 11 is 0. The number of carbonyl (C=O) groups is 1. The van der Waals surface area contributed by atoms with E-state index in [1.165, 1.54) is 0 Å². The maximum atomic E-state index is 12.3. The number of pyridine rings is 1. The smallest absolute Gasteiger partial charge is 0.272 e. The minimum Gasteiger partial charge on any atom is -0.497 e. The summed E-state index contributed by atoms with van der Waals surface area (Å²) in [6, 6.07) is 12.6. The van der Waals surface area contributed by atoms with Crippen molar-refractivity contribution in [1.82, 2.24) is 9.38 Å². The van der Waals surface area contributed by atoms with E-state index < -0.39 is 0 Å². The van der Waals surface area contributed by atoms with Crippen LogP contribution in [0, 0.1) is 0 Å². The molecule has 0 saturated heterocycles. The van der Waals surface area contributed by atoms with Crippen molar-refractivity contribution in [2.24, 2.45) is 0 Å². The van der Waals surface area contributed by atoms with Crippen molar-refractivity contribution in [3.8, 4) is 5.75 Å². The number of imidazole rings is 1. The van der Waals surface area contributed by atoms with Gasteiger partial charge >= 0.3 is 0 Å². The third-order valence-electron chi connectivity index (χ3n) is 2.99. The molecule has 1 aromatic carbocycles. The first-order valence-corrected chi connectivity index (χ1v) is 6.15. The number of methoxy groups -OCH3 is 1. The second kappa shape index (κ2) is 5.05. The second-order valence-corrected chi connectivity index (χ2v) is 4.25. The summed E-state index contributed by atoms with van der Waals surface area (Å²) in [6.45, 7) is 0. The Kier molecular flexibility index (Phi) is 3.09. The van der Waals surface area contributed by atoms with Crippen molar-refractivity contribution in [1.29, 1.82) is 0 Å². The number of carbonyl (C=O) groups excluding carboxylic acids is 1. The molecular formula is C15H13N3O2. The lowest BCUT2D eigenvalue weighted by Crippen LogP contribution is -2.15. The maximum Gasteiger partial charge on any atom is 0.272 e. The highest BCUT2D eigenvalue weighted by Gasteiger charge is 2.10. The molecule has 5 heteroatoms. The van der Waals surface area contributed by atoms with E-state index in [0.717, 1.165) is 5.65 Å². The summed E-state index contributed by atoms with van der Waals surface area (Å²) in [5.41, 5.74) is 1.96. The number of hydrogen-bond donors (Lipinski definition) is 1. The number of anilines is 1. The highest BCUT2D eigenvalue weighted by molar-refractivity contribution is 6.03. The van der Waals surface area contributed by atoms with Gasteiger partial charge in [-0.3, -0.25) is 9.20 Å². The van der Waals surface area contributed by atoms with Gasteiger partial charge in [0.1, 0.15) is 17.1 Å². The second-order valence-electron chi connectivity index (χ2n) is 4.25. The third kappa shape index (κ3) is 2.21. The minimum atomic E-state index is -0.193. The summed E-state index contributed by atoms with van der Waals surface area (Å²) in [7, 11) is 1.59. The Morgan fingerprint density at radius 2 is 2.10 bits per heavy atom. The topological polar surface area (TPSA) is 55.6 Å². The zero-order valence-electron chi connectivity index (χ0n) is 10.9. The van der Waals surface area contributed by atoms with Crippen LogP contribution in [-0.2, 0) is 0 Å². The van der Waals surface area contributed by atoms with E-state index in [-0.39, 0.29) is 5.91 Å². The maximum absolute atomic E-state index is 12.3. The zero-order chi connectivity index (χ0) is 13.9. The number of hydrogen-bond acceptors (Lipinski definition) is 3. The monoisotopic (exact) mass is 267 g/mol. The van der Waals surface area contributed by atoms with Gasteiger partial charge in [-0.1, -0.05) is 12.1 Å². The molecule has 2 aromatic heterocycles. The molecule has 0 unspecified atom stereocenters. The summed E-state index contributed by atoms with van der Waals surface area (Å²) in [5.74, 6) is 0.505. The number of aromatic nitrogens is 2. The Balaban J connectivity index is 1.91. The number of benzene rings is 1. The number of rotatable bonds is 3. The molecule has 2 heterocycles. The fraction of sp³-hybridized carbons (Fsp3) is 0.0667. The first-order valence-electron chi connectivity index (χ1n) is 6.15. The molecule has 0 fully saturated rings. The van der Waals surface area contributed by atoms with Gasteiger partial charge in [-0.15, -0.1) is 0 Å². The van der Waals surface area contributed by atoms with E-state index in [1.54, 1.807) is 36.0 Å². The fourth-order valence-corrected chi connectivity index (χ4v) is 2.03. The van der Waals surface area contributed by atoms with Crippen LogP contribution in [-0.4, -0.2) is 22.4 Å². The van der Waals surface area contributed by atoms with Crippen molar-refractivity contribution in [3.05, 3.63) is 60.6 Å². The van der Waals surface area contributed by atoms with Crippen LogP contribution in [0.25, 0.3) is 5.65 Å². The predicted octanol–water partition coefficient (Wildman–Crippen LogP) is 2.60. The van der Waals surface area contributed by atoms with Crippen LogP contribution < -0.4 is 10.1 Å². The average Bonchev–Trinajstić information content (AvgIpc) is 2.95. The minimum absolute atomic E-state index is 0.193. The Morgan fingerprint density at radius 3 is 2.95 bits per heavy atom. The molecule has 0 radical (unpaired) electrons. The van der Waals surface area contributed by atoms with Gasteiger partial charge in [-0.05, 0) is 24.3 Å². The molecule has 0 atom stereocenters. The Bertz CT molecular complexity index is 764. The van der Waals surface area contributed by atoms with Crippen molar-refractivity contribution in [3.63, 3.8) is 0 Å². The van der Waals surface area contributed by atoms with Crippen molar-refractivity contribution in [2.45, 2.75) is 0 Å². The normalized spacial score (nSPS) is 10.4. The number of ether oxygens (including phenoxy) is 1. The molecule has 0 spiro atoms. The van der Waals surface area contributed by atoms with Crippen molar-refractivity contribution < 1.29 is 9.53 Å². The van der Waals surface area contributed by atoms with Crippen LogP contribution in [0.2, 0.25) is 0 Å². The molecule has 0 aliphatic heterocycles. The van der Waals surface area contributed by atoms with Crippen molar-refractivity contribution in [2.75, 3.05) is 12.4 Å². The molecule has 5 nitrogen and oxygen atoms in total. The zero-order valence-corrected chi connectivity index (χ0v) is 10.9. The molecule has 3 rings (SSSR count).